The van der Waals surface area contributed by atoms with Crippen LogP contribution in [0.1, 0.15) is 44.7 Å². The lowest BCUT2D eigenvalue weighted by Gasteiger charge is -2.13. The third-order valence-electron chi connectivity index (χ3n) is 3.67. The summed E-state index contributed by atoms with van der Waals surface area (Å²) < 4.78 is 11.5. The molecule has 0 aliphatic carbocycles. The van der Waals surface area contributed by atoms with E-state index in [0.29, 0.717) is 0 Å². The second kappa shape index (κ2) is 9.99. The van der Waals surface area contributed by atoms with Gasteiger partial charge in [-0.15, -0.1) is 0 Å². The van der Waals surface area contributed by atoms with Crippen molar-refractivity contribution in [1.82, 2.24) is 5.32 Å². The van der Waals surface area contributed by atoms with Crippen LogP contribution < -0.4 is 14.8 Å². The Bertz CT molecular complexity index is 593. The molecule has 0 bridgehead atoms. The number of hydrogen-bond donors (Lipinski definition) is 1. The summed E-state index contributed by atoms with van der Waals surface area (Å²) in [5.41, 5.74) is 2.45. The normalized spacial score (nSPS) is 10.8. The van der Waals surface area contributed by atoms with Gasteiger partial charge in [0.2, 0.25) is 0 Å². The molecule has 0 atom stereocenters. The van der Waals surface area contributed by atoms with Gasteiger partial charge >= 0.3 is 0 Å². The monoisotopic (exact) mass is 327 g/mol. The molecule has 0 heterocycles. The van der Waals surface area contributed by atoms with Crippen LogP contribution in [0.15, 0.2) is 48.5 Å². The van der Waals surface area contributed by atoms with Gasteiger partial charge in [0.25, 0.3) is 0 Å². The maximum atomic E-state index is 5.88. The zero-order chi connectivity index (χ0) is 17.2. The second-order valence-corrected chi connectivity index (χ2v) is 6.22. The van der Waals surface area contributed by atoms with Gasteiger partial charge in [0.1, 0.15) is 11.5 Å². The maximum absolute atomic E-state index is 5.88. The summed E-state index contributed by atoms with van der Waals surface area (Å²) in [6.07, 6.45) is 2.45. The first-order valence-corrected chi connectivity index (χ1v) is 8.86. The van der Waals surface area contributed by atoms with E-state index in [-0.39, 0.29) is 6.10 Å². The highest BCUT2D eigenvalue weighted by atomic mass is 16.5. The Morgan fingerprint density at radius 2 is 1.71 bits per heavy atom. The van der Waals surface area contributed by atoms with Crippen molar-refractivity contribution >= 4 is 0 Å². The Balaban J connectivity index is 1.83. The molecule has 0 aromatic heterocycles. The Kier molecular flexibility index (Phi) is 7.63. The zero-order valence-corrected chi connectivity index (χ0v) is 15.0. The van der Waals surface area contributed by atoms with Crippen LogP contribution in [0.3, 0.4) is 0 Å². The van der Waals surface area contributed by atoms with E-state index in [4.69, 9.17) is 9.47 Å². The molecule has 0 spiro atoms. The quantitative estimate of drug-likeness (QED) is 0.627. The van der Waals surface area contributed by atoms with E-state index in [1.807, 2.05) is 38.1 Å². The minimum atomic E-state index is 0.207. The molecule has 3 nitrogen and oxygen atoms in total. The van der Waals surface area contributed by atoms with Crippen LogP contribution >= 0.6 is 0 Å². The Hall–Kier alpha value is -2.00. The van der Waals surface area contributed by atoms with E-state index in [0.717, 1.165) is 44.0 Å². The topological polar surface area (TPSA) is 30.5 Å². The van der Waals surface area contributed by atoms with Crippen molar-refractivity contribution in [2.75, 3.05) is 6.61 Å². The Morgan fingerprint density at radius 1 is 0.958 bits per heavy atom. The summed E-state index contributed by atoms with van der Waals surface area (Å²) in [5.74, 6) is 1.91. The third kappa shape index (κ3) is 6.25. The van der Waals surface area contributed by atoms with E-state index in [9.17, 15) is 0 Å². The molecule has 0 saturated heterocycles. The van der Waals surface area contributed by atoms with E-state index in [1.54, 1.807) is 0 Å². The predicted octanol–water partition coefficient (Wildman–Crippen LogP) is 4.94. The number of nitrogens with one attached hydrogen (secondary N) is 1. The summed E-state index contributed by atoms with van der Waals surface area (Å²) in [5, 5.41) is 3.49. The van der Waals surface area contributed by atoms with Gasteiger partial charge in [-0.1, -0.05) is 43.7 Å². The summed E-state index contributed by atoms with van der Waals surface area (Å²) in [6, 6.07) is 16.5. The second-order valence-electron chi connectivity index (χ2n) is 6.22. The van der Waals surface area contributed by atoms with Gasteiger partial charge in [0.15, 0.2) is 0 Å². The SMILES string of the molecule is CCCCOc1ccccc1CNCc1ccc(OC(C)C)cc1. The van der Waals surface area contributed by atoms with E-state index >= 15 is 0 Å². The van der Waals surface area contributed by atoms with Crippen molar-refractivity contribution in [2.24, 2.45) is 0 Å². The lowest BCUT2D eigenvalue weighted by atomic mass is 10.2. The van der Waals surface area contributed by atoms with Crippen molar-refractivity contribution in [2.45, 2.75) is 52.8 Å². The molecule has 24 heavy (non-hydrogen) atoms. The molecule has 0 unspecified atom stereocenters. The van der Waals surface area contributed by atoms with Crippen molar-refractivity contribution < 1.29 is 9.47 Å². The van der Waals surface area contributed by atoms with E-state index in [2.05, 4.69) is 36.5 Å². The molecule has 0 aliphatic heterocycles. The van der Waals surface area contributed by atoms with Crippen LogP contribution in [0.25, 0.3) is 0 Å². The molecule has 0 saturated carbocycles. The zero-order valence-electron chi connectivity index (χ0n) is 15.0. The number of para-hydroxylation sites is 1. The molecule has 1 N–H and O–H groups in total. The van der Waals surface area contributed by atoms with Crippen LogP contribution in [0, 0.1) is 0 Å². The van der Waals surface area contributed by atoms with Crippen molar-refractivity contribution in [3.63, 3.8) is 0 Å². The average Bonchev–Trinajstić information content (AvgIpc) is 2.57. The summed E-state index contributed by atoms with van der Waals surface area (Å²) in [4.78, 5) is 0. The molecule has 0 fully saturated rings. The highest BCUT2D eigenvalue weighted by molar-refractivity contribution is 5.33. The molecule has 3 heteroatoms. The highest BCUT2D eigenvalue weighted by Gasteiger charge is 2.03. The highest BCUT2D eigenvalue weighted by Crippen LogP contribution is 2.18. The third-order valence-corrected chi connectivity index (χ3v) is 3.67. The molecular weight excluding hydrogens is 298 g/mol. The summed E-state index contributed by atoms with van der Waals surface area (Å²) >= 11 is 0. The standard InChI is InChI=1S/C21H29NO2/c1-4-5-14-23-21-9-7-6-8-19(21)16-22-15-18-10-12-20(13-11-18)24-17(2)3/h6-13,17,22H,4-5,14-16H2,1-3H3. The molecule has 0 aliphatic rings. The number of ether oxygens (including phenoxy) is 2. The summed E-state index contributed by atoms with van der Waals surface area (Å²) in [6.45, 7) is 8.65. The smallest absolute Gasteiger partial charge is 0.123 e. The number of unbranched alkanes of at least 4 members (excludes halogenated alkanes) is 1. The molecular formula is C21H29NO2. The van der Waals surface area contributed by atoms with Gasteiger partial charge < -0.3 is 14.8 Å². The van der Waals surface area contributed by atoms with Crippen LogP contribution in [0.2, 0.25) is 0 Å². The summed E-state index contributed by atoms with van der Waals surface area (Å²) in [7, 11) is 0. The number of benzene rings is 2. The number of hydrogen-bond acceptors (Lipinski definition) is 3. The van der Waals surface area contributed by atoms with Crippen LogP contribution in [-0.4, -0.2) is 12.7 Å². The van der Waals surface area contributed by atoms with Crippen molar-refractivity contribution in [3.05, 3.63) is 59.7 Å². The largest absolute Gasteiger partial charge is 0.493 e. The molecule has 0 amide bonds. The fourth-order valence-electron chi connectivity index (χ4n) is 2.42. The first-order valence-electron chi connectivity index (χ1n) is 8.86. The Morgan fingerprint density at radius 3 is 2.42 bits per heavy atom. The lowest BCUT2D eigenvalue weighted by Crippen LogP contribution is -2.14. The Labute approximate surface area is 146 Å². The first kappa shape index (κ1) is 18.3. The molecule has 2 rings (SSSR count). The van der Waals surface area contributed by atoms with Gasteiger partial charge in [-0.2, -0.15) is 0 Å². The minimum absolute atomic E-state index is 0.207. The average molecular weight is 327 g/mol. The van der Waals surface area contributed by atoms with Gasteiger partial charge in [-0.05, 0) is 44.0 Å². The van der Waals surface area contributed by atoms with Crippen molar-refractivity contribution in [1.29, 1.82) is 0 Å². The molecule has 0 radical (unpaired) electrons. The molecule has 2 aromatic rings. The van der Waals surface area contributed by atoms with Crippen LogP contribution in [-0.2, 0) is 13.1 Å². The molecule has 2 aromatic carbocycles. The fourth-order valence-corrected chi connectivity index (χ4v) is 2.42. The van der Waals surface area contributed by atoms with E-state index < -0.39 is 0 Å². The minimum Gasteiger partial charge on any atom is -0.493 e. The number of rotatable bonds is 10. The van der Waals surface area contributed by atoms with Crippen LogP contribution in [0.5, 0.6) is 11.5 Å². The van der Waals surface area contributed by atoms with E-state index in [1.165, 1.54) is 11.1 Å². The lowest BCUT2D eigenvalue weighted by molar-refractivity contribution is 0.242. The van der Waals surface area contributed by atoms with Crippen LogP contribution in [0.4, 0.5) is 0 Å². The van der Waals surface area contributed by atoms with Gasteiger partial charge in [-0.25, -0.2) is 0 Å². The maximum Gasteiger partial charge on any atom is 0.123 e. The van der Waals surface area contributed by atoms with Gasteiger partial charge in [0, 0.05) is 18.7 Å². The fraction of sp³-hybridized carbons (Fsp3) is 0.429. The van der Waals surface area contributed by atoms with Crippen molar-refractivity contribution in [3.8, 4) is 11.5 Å². The first-order chi connectivity index (χ1) is 11.7. The predicted molar refractivity (Wildman–Crippen MR) is 99.6 cm³/mol. The van der Waals surface area contributed by atoms with Gasteiger partial charge in [0.05, 0.1) is 12.7 Å². The van der Waals surface area contributed by atoms with Gasteiger partial charge in [-0.3, -0.25) is 0 Å². The molecule has 130 valence electrons.